The van der Waals surface area contributed by atoms with Crippen LogP contribution in [0.1, 0.15) is 12.8 Å². The molecule has 0 saturated heterocycles. The number of halogens is 1. The molecular formula is C5H12ClNO3S. The molecule has 4 nitrogen and oxygen atoms in total. The summed E-state index contributed by atoms with van der Waals surface area (Å²) in [6.07, 6.45) is 1.61. The molecule has 0 aromatic rings. The van der Waals surface area contributed by atoms with Crippen molar-refractivity contribution in [2.45, 2.75) is 12.8 Å². The van der Waals surface area contributed by atoms with E-state index in [0.717, 1.165) is 6.26 Å². The van der Waals surface area contributed by atoms with Gasteiger partial charge in [0.2, 0.25) is 5.91 Å². The van der Waals surface area contributed by atoms with E-state index in [1.165, 1.54) is 0 Å². The Morgan fingerprint density at radius 3 is 2.18 bits per heavy atom. The van der Waals surface area contributed by atoms with Crippen LogP contribution in [0.2, 0.25) is 0 Å². The van der Waals surface area contributed by atoms with Gasteiger partial charge in [0.15, 0.2) is 0 Å². The van der Waals surface area contributed by atoms with Gasteiger partial charge in [0.1, 0.15) is 9.84 Å². The Bertz CT molecular complexity index is 212. The van der Waals surface area contributed by atoms with Crippen molar-refractivity contribution in [3.8, 4) is 0 Å². The van der Waals surface area contributed by atoms with Gasteiger partial charge in [-0.15, -0.1) is 12.4 Å². The van der Waals surface area contributed by atoms with Gasteiger partial charge in [-0.3, -0.25) is 4.79 Å². The van der Waals surface area contributed by atoms with Crippen LogP contribution in [0.15, 0.2) is 0 Å². The maximum atomic E-state index is 10.5. The molecule has 0 aromatic heterocycles. The summed E-state index contributed by atoms with van der Waals surface area (Å²) in [4.78, 5) is 10.1. The van der Waals surface area contributed by atoms with Crippen LogP contribution < -0.4 is 5.73 Å². The lowest BCUT2D eigenvalue weighted by Crippen LogP contribution is -2.12. The van der Waals surface area contributed by atoms with Gasteiger partial charge in [-0.2, -0.15) is 0 Å². The van der Waals surface area contributed by atoms with Gasteiger partial charge in [-0.1, -0.05) is 0 Å². The maximum absolute atomic E-state index is 10.5. The second kappa shape index (κ2) is 5.37. The molecule has 11 heavy (non-hydrogen) atoms. The maximum Gasteiger partial charge on any atom is 0.217 e. The summed E-state index contributed by atoms with van der Waals surface area (Å²) < 4.78 is 20.9. The van der Waals surface area contributed by atoms with Crippen LogP contribution in [0.5, 0.6) is 0 Å². The highest BCUT2D eigenvalue weighted by molar-refractivity contribution is 7.90. The Hall–Kier alpha value is -0.290. The van der Waals surface area contributed by atoms with E-state index >= 15 is 0 Å². The fraction of sp³-hybridized carbons (Fsp3) is 0.800. The van der Waals surface area contributed by atoms with Crippen molar-refractivity contribution >= 4 is 28.2 Å². The van der Waals surface area contributed by atoms with Crippen molar-refractivity contribution in [3.63, 3.8) is 0 Å². The topological polar surface area (TPSA) is 77.2 Å². The minimum Gasteiger partial charge on any atom is -0.370 e. The number of primary amides is 1. The van der Waals surface area contributed by atoms with Crippen molar-refractivity contribution in [1.82, 2.24) is 0 Å². The summed E-state index contributed by atoms with van der Waals surface area (Å²) in [5.41, 5.74) is 4.79. The van der Waals surface area contributed by atoms with E-state index in [-0.39, 0.29) is 24.6 Å². The third kappa shape index (κ3) is 12.8. The normalized spacial score (nSPS) is 10.3. The molecule has 6 heteroatoms. The lowest BCUT2D eigenvalue weighted by molar-refractivity contribution is -0.118. The highest BCUT2D eigenvalue weighted by Gasteiger charge is 2.02. The van der Waals surface area contributed by atoms with E-state index in [4.69, 9.17) is 5.73 Å². The average Bonchev–Trinajstić information content (AvgIpc) is 1.59. The SMILES string of the molecule is CS(=O)(=O)CCCC(N)=O.Cl. The first-order chi connectivity index (χ1) is 4.42. The van der Waals surface area contributed by atoms with Crippen molar-refractivity contribution in [1.29, 1.82) is 0 Å². The minimum absolute atomic E-state index is 0. The fourth-order valence-electron chi connectivity index (χ4n) is 0.509. The second-order valence-corrected chi connectivity index (χ2v) is 4.46. The first kappa shape index (κ1) is 13.3. The lowest BCUT2D eigenvalue weighted by Gasteiger charge is -1.93. The molecule has 0 rings (SSSR count). The summed E-state index contributed by atoms with van der Waals surface area (Å²) in [5, 5.41) is 0. The van der Waals surface area contributed by atoms with Crippen molar-refractivity contribution in [2.24, 2.45) is 5.73 Å². The first-order valence-corrected chi connectivity index (χ1v) is 4.94. The van der Waals surface area contributed by atoms with E-state index in [9.17, 15) is 13.2 Å². The third-order valence-electron chi connectivity index (χ3n) is 0.938. The predicted octanol–water partition coefficient (Wildman–Crippen LogP) is -0.282. The lowest BCUT2D eigenvalue weighted by atomic mass is 10.3. The van der Waals surface area contributed by atoms with Crippen molar-refractivity contribution in [3.05, 3.63) is 0 Å². The molecule has 68 valence electrons. The summed E-state index contributed by atoms with van der Waals surface area (Å²) in [6.45, 7) is 0. The number of carbonyl (C=O) groups is 1. The zero-order chi connectivity index (χ0) is 8.20. The predicted molar refractivity (Wildman–Crippen MR) is 45.4 cm³/mol. The number of carbonyl (C=O) groups excluding carboxylic acids is 1. The third-order valence-corrected chi connectivity index (χ3v) is 1.97. The standard InChI is InChI=1S/C5H11NO3S.ClH/c1-10(8,9)4-2-3-5(6)7;/h2-4H2,1H3,(H2,6,7);1H. The van der Waals surface area contributed by atoms with Gasteiger partial charge in [0.25, 0.3) is 0 Å². The largest absolute Gasteiger partial charge is 0.370 e. The molecule has 0 heterocycles. The van der Waals surface area contributed by atoms with E-state index in [1.54, 1.807) is 0 Å². The molecular weight excluding hydrogens is 190 g/mol. The minimum atomic E-state index is -2.93. The molecule has 0 radical (unpaired) electrons. The van der Waals surface area contributed by atoms with Crippen LogP contribution in [0.4, 0.5) is 0 Å². The number of amides is 1. The van der Waals surface area contributed by atoms with E-state index in [0.29, 0.717) is 6.42 Å². The molecule has 0 unspecified atom stereocenters. The zero-order valence-electron chi connectivity index (χ0n) is 6.24. The van der Waals surface area contributed by atoms with Crippen LogP contribution in [0, 0.1) is 0 Å². The molecule has 0 aliphatic carbocycles. The van der Waals surface area contributed by atoms with Gasteiger partial charge in [-0.05, 0) is 6.42 Å². The zero-order valence-corrected chi connectivity index (χ0v) is 7.87. The molecule has 0 saturated carbocycles. The number of hydrogen-bond donors (Lipinski definition) is 1. The fourth-order valence-corrected chi connectivity index (χ4v) is 1.18. The van der Waals surface area contributed by atoms with Gasteiger partial charge in [0, 0.05) is 12.7 Å². The molecule has 0 aliphatic heterocycles. The van der Waals surface area contributed by atoms with Gasteiger partial charge >= 0.3 is 0 Å². The van der Waals surface area contributed by atoms with Gasteiger partial charge in [0.05, 0.1) is 5.75 Å². The quantitative estimate of drug-likeness (QED) is 0.680. The molecule has 0 aromatic carbocycles. The molecule has 0 spiro atoms. The Morgan fingerprint density at radius 1 is 1.45 bits per heavy atom. The van der Waals surface area contributed by atoms with E-state index < -0.39 is 15.7 Å². The highest BCUT2D eigenvalue weighted by Crippen LogP contribution is 1.92. The number of rotatable bonds is 4. The Morgan fingerprint density at radius 2 is 1.91 bits per heavy atom. The highest BCUT2D eigenvalue weighted by atomic mass is 35.5. The molecule has 2 N–H and O–H groups in total. The first-order valence-electron chi connectivity index (χ1n) is 2.88. The van der Waals surface area contributed by atoms with E-state index in [2.05, 4.69) is 0 Å². The smallest absolute Gasteiger partial charge is 0.217 e. The number of hydrogen-bond acceptors (Lipinski definition) is 3. The number of sulfone groups is 1. The Labute approximate surface area is 72.5 Å². The Balaban J connectivity index is 0. The van der Waals surface area contributed by atoms with Gasteiger partial charge in [-0.25, -0.2) is 8.42 Å². The van der Waals surface area contributed by atoms with Crippen LogP contribution >= 0.6 is 12.4 Å². The molecule has 0 aliphatic rings. The monoisotopic (exact) mass is 201 g/mol. The van der Waals surface area contributed by atoms with Gasteiger partial charge < -0.3 is 5.73 Å². The number of nitrogens with two attached hydrogens (primary N) is 1. The van der Waals surface area contributed by atoms with Crippen LogP contribution in [0.3, 0.4) is 0 Å². The van der Waals surface area contributed by atoms with Crippen LogP contribution in [-0.4, -0.2) is 26.3 Å². The van der Waals surface area contributed by atoms with Crippen LogP contribution in [-0.2, 0) is 14.6 Å². The summed E-state index contributed by atoms with van der Waals surface area (Å²) in [5.74, 6) is -0.417. The molecule has 0 bridgehead atoms. The summed E-state index contributed by atoms with van der Waals surface area (Å²) in [7, 11) is -2.93. The van der Waals surface area contributed by atoms with Crippen LogP contribution in [0.25, 0.3) is 0 Å². The summed E-state index contributed by atoms with van der Waals surface area (Å²) in [6, 6.07) is 0. The Kier molecular flexibility index (Phi) is 6.50. The molecule has 1 amide bonds. The van der Waals surface area contributed by atoms with E-state index in [1.807, 2.05) is 0 Å². The molecule has 0 atom stereocenters. The van der Waals surface area contributed by atoms with Crippen molar-refractivity contribution in [2.75, 3.05) is 12.0 Å². The second-order valence-electron chi connectivity index (χ2n) is 2.20. The van der Waals surface area contributed by atoms with Crippen molar-refractivity contribution < 1.29 is 13.2 Å². The average molecular weight is 202 g/mol. The summed E-state index contributed by atoms with van der Waals surface area (Å²) >= 11 is 0. The molecule has 0 fully saturated rings.